The van der Waals surface area contributed by atoms with Crippen molar-refractivity contribution in [2.45, 2.75) is 38.6 Å². The first kappa shape index (κ1) is 27.3. The number of hydrogen-bond acceptors (Lipinski definition) is 3. The smallest absolute Gasteiger partial charge is 0.0478 e. The van der Waals surface area contributed by atoms with Crippen LogP contribution in [-0.4, -0.2) is 14.1 Å². The highest BCUT2D eigenvalue weighted by molar-refractivity contribution is 5.77. The van der Waals surface area contributed by atoms with Gasteiger partial charge < -0.3 is 15.1 Å². The molecule has 0 unspecified atom stereocenters. The third-order valence-electron chi connectivity index (χ3n) is 8.01. The van der Waals surface area contributed by atoms with Crippen LogP contribution in [0.3, 0.4) is 0 Å². The maximum atomic E-state index is 4.66. The molecule has 0 radical (unpaired) electrons. The first-order valence-corrected chi connectivity index (χ1v) is 14.4. The Bertz CT molecular complexity index is 1410. The third-order valence-corrected chi connectivity index (χ3v) is 8.01. The summed E-state index contributed by atoms with van der Waals surface area (Å²) in [5.74, 6) is 0.525. The fourth-order valence-electron chi connectivity index (χ4n) is 5.58. The Hall–Kier alpha value is -4.24. The summed E-state index contributed by atoms with van der Waals surface area (Å²) < 4.78 is 0. The van der Waals surface area contributed by atoms with Gasteiger partial charge in [-0.25, -0.2) is 0 Å². The number of nitrogens with zero attached hydrogens (tertiary/aromatic N) is 2. The fraction of sp³-hybridized carbons (Fsp3) is 0.243. The van der Waals surface area contributed by atoms with Crippen molar-refractivity contribution in [2.75, 3.05) is 29.2 Å². The summed E-state index contributed by atoms with van der Waals surface area (Å²) in [7, 11) is 4.14. The molecule has 3 heteroatoms. The van der Waals surface area contributed by atoms with Gasteiger partial charge in [0.1, 0.15) is 0 Å². The highest BCUT2D eigenvalue weighted by Gasteiger charge is 2.22. The van der Waals surface area contributed by atoms with E-state index in [1.165, 1.54) is 60.2 Å². The molecule has 0 bridgehead atoms. The lowest BCUT2D eigenvalue weighted by molar-refractivity contribution is 0.396. The van der Waals surface area contributed by atoms with Gasteiger partial charge in [0.15, 0.2) is 0 Å². The molecule has 0 spiro atoms. The second-order valence-electron chi connectivity index (χ2n) is 11.1. The Morgan fingerprint density at radius 2 is 1.38 bits per heavy atom. The van der Waals surface area contributed by atoms with E-state index in [2.05, 4.69) is 127 Å². The normalized spacial score (nSPS) is 13.4. The van der Waals surface area contributed by atoms with Crippen LogP contribution in [-0.2, 0) is 6.54 Å². The zero-order chi connectivity index (χ0) is 27.9. The van der Waals surface area contributed by atoms with E-state index in [0.29, 0.717) is 5.92 Å². The maximum Gasteiger partial charge on any atom is 0.0478 e. The van der Waals surface area contributed by atoms with Gasteiger partial charge in [0.25, 0.3) is 0 Å². The first-order valence-electron chi connectivity index (χ1n) is 14.4. The summed E-state index contributed by atoms with van der Waals surface area (Å²) in [5, 5.41) is 3.46. The molecule has 1 aliphatic carbocycles. The average Bonchev–Trinajstić information content (AvgIpc) is 3.01. The third kappa shape index (κ3) is 6.66. The lowest BCUT2D eigenvalue weighted by Gasteiger charge is -2.34. The summed E-state index contributed by atoms with van der Waals surface area (Å²) in [4.78, 5) is 4.55. The summed E-state index contributed by atoms with van der Waals surface area (Å²) in [6.45, 7) is 9.79. The SMILES string of the molecule is C=C(Nc1ccccc1)c1cccc(N(Cc2ccc(-c3ccc(N(C)C)cc3)cc2)C(=C)C2CCCCC2)c1. The van der Waals surface area contributed by atoms with Crippen LogP contribution in [0.4, 0.5) is 17.1 Å². The molecule has 5 rings (SSSR count). The quantitative estimate of drug-likeness (QED) is 0.221. The predicted octanol–water partition coefficient (Wildman–Crippen LogP) is 9.60. The molecule has 0 heterocycles. The molecule has 4 aromatic carbocycles. The van der Waals surface area contributed by atoms with Crippen molar-refractivity contribution in [2.24, 2.45) is 5.92 Å². The largest absolute Gasteiger partial charge is 0.378 e. The summed E-state index contributed by atoms with van der Waals surface area (Å²) in [6, 6.07) is 36.7. The predicted molar refractivity (Wildman–Crippen MR) is 174 cm³/mol. The summed E-state index contributed by atoms with van der Waals surface area (Å²) in [6.07, 6.45) is 6.35. The molecule has 1 fully saturated rings. The van der Waals surface area contributed by atoms with Gasteiger partial charge in [-0.05, 0) is 77.4 Å². The van der Waals surface area contributed by atoms with Crippen LogP contribution in [0.15, 0.2) is 122 Å². The topological polar surface area (TPSA) is 18.5 Å². The molecule has 0 aromatic heterocycles. The van der Waals surface area contributed by atoms with Crippen LogP contribution >= 0.6 is 0 Å². The second-order valence-corrected chi connectivity index (χ2v) is 11.1. The van der Waals surface area contributed by atoms with E-state index in [0.717, 1.165) is 29.2 Å². The summed E-state index contributed by atoms with van der Waals surface area (Å²) >= 11 is 0. The lowest BCUT2D eigenvalue weighted by Crippen LogP contribution is -2.27. The molecule has 0 saturated heterocycles. The van der Waals surface area contributed by atoms with Crippen LogP contribution in [0.5, 0.6) is 0 Å². The molecule has 204 valence electrons. The van der Waals surface area contributed by atoms with Gasteiger partial charge in [-0.3, -0.25) is 0 Å². The number of hydrogen-bond donors (Lipinski definition) is 1. The van der Waals surface area contributed by atoms with Crippen molar-refractivity contribution in [3.05, 3.63) is 133 Å². The van der Waals surface area contributed by atoms with Gasteiger partial charge >= 0.3 is 0 Å². The van der Waals surface area contributed by atoms with Crippen LogP contribution in [0.25, 0.3) is 16.8 Å². The van der Waals surface area contributed by atoms with Crippen LogP contribution < -0.4 is 15.1 Å². The average molecular weight is 528 g/mol. The first-order chi connectivity index (χ1) is 19.5. The van der Waals surface area contributed by atoms with Crippen molar-refractivity contribution >= 4 is 22.8 Å². The number of allylic oxidation sites excluding steroid dienone is 1. The number of para-hydroxylation sites is 1. The minimum Gasteiger partial charge on any atom is -0.378 e. The van der Waals surface area contributed by atoms with E-state index >= 15 is 0 Å². The Morgan fingerprint density at radius 3 is 2.02 bits per heavy atom. The molecule has 40 heavy (non-hydrogen) atoms. The Balaban J connectivity index is 1.39. The zero-order valence-electron chi connectivity index (χ0n) is 23.9. The molecule has 1 aliphatic rings. The minimum absolute atomic E-state index is 0.525. The molecule has 1 N–H and O–H groups in total. The van der Waals surface area contributed by atoms with Gasteiger partial charge in [0.05, 0.1) is 0 Å². The molecule has 3 nitrogen and oxygen atoms in total. The minimum atomic E-state index is 0.525. The van der Waals surface area contributed by atoms with Gasteiger partial charge in [-0.15, -0.1) is 0 Å². The maximum absolute atomic E-state index is 4.66. The van der Waals surface area contributed by atoms with Crippen LogP contribution in [0.1, 0.15) is 43.2 Å². The van der Waals surface area contributed by atoms with E-state index in [1.807, 2.05) is 18.2 Å². The van der Waals surface area contributed by atoms with Gasteiger partial charge in [0, 0.05) is 49.1 Å². The molecular formula is C37H41N3. The monoisotopic (exact) mass is 527 g/mol. The zero-order valence-corrected chi connectivity index (χ0v) is 23.9. The molecule has 4 aromatic rings. The molecule has 0 atom stereocenters. The van der Waals surface area contributed by atoms with Crippen molar-refractivity contribution in [3.63, 3.8) is 0 Å². The van der Waals surface area contributed by atoms with E-state index in [1.54, 1.807) is 0 Å². The van der Waals surface area contributed by atoms with E-state index in [9.17, 15) is 0 Å². The second kappa shape index (κ2) is 12.7. The molecule has 0 amide bonds. The summed E-state index contributed by atoms with van der Waals surface area (Å²) in [5.41, 5.74) is 10.3. The van der Waals surface area contributed by atoms with Gasteiger partial charge in [0.2, 0.25) is 0 Å². The molecule has 1 saturated carbocycles. The van der Waals surface area contributed by atoms with E-state index in [-0.39, 0.29) is 0 Å². The van der Waals surface area contributed by atoms with Crippen molar-refractivity contribution < 1.29 is 0 Å². The highest BCUT2D eigenvalue weighted by Crippen LogP contribution is 2.35. The van der Waals surface area contributed by atoms with Crippen molar-refractivity contribution in [1.29, 1.82) is 0 Å². The van der Waals surface area contributed by atoms with Crippen molar-refractivity contribution in [3.8, 4) is 11.1 Å². The number of rotatable bonds is 10. The van der Waals surface area contributed by atoms with Crippen molar-refractivity contribution in [1.82, 2.24) is 0 Å². The number of anilines is 3. The van der Waals surface area contributed by atoms with Crippen LogP contribution in [0.2, 0.25) is 0 Å². The van der Waals surface area contributed by atoms with Gasteiger partial charge in [-0.2, -0.15) is 0 Å². The Labute approximate surface area is 240 Å². The van der Waals surface area contributed by atoms with Gasteiger partial charge in [-0.1, -0.05) is 99.2 Å². The number of benzene rings is 4. The Kier molecular flexibility index (Phi) is 8.71. The number of nitrogens with one attached hydrogen (secondary N) is 1. The standard InChI is InChI=1S/C37H41N3/c1-28(38-35-15-9-6-10-16-35)34-14-11-17-37(26-34)40(29(2)31-12-7-5-8-13-31)27-30-18-20-32(21-19-30)33-22-24-36(25-23-33)39(3)4/h6,9-11,14-26,31,38H,1-2,5,7-8,12-13,27H2,3-4H3. The molecular weight excluding hydrogens is 486 g/mol. The van der Waals surface area contributed by atoms with E-state index < -0.39 is 0 Å². The highest BCUT2D eigenvalue weighted by atomic mass is 15.1. The molecule has 0 aliphatic heterocycles. The van der Waals surface area contributed by atoms with E-state index in [4.69, 9.17) is 0 Å². The Morgan fingerprint density at radius 1 is 0.725 bits per heavy atom. The lowest BCUT2D eigenvalue weighted by atomic mass is 9.86. The van der Waals surface area contributed by atoms with Crippen LogP contribution in [0, 0.1) is 5.92 Å². The fourth-order valence-corrected chi connectivity index (χ4v) is 5.58.